The molecule has 2 saturated heterocycles. The van der Waals surface area contributed by atoms with Crippen LogP contribution in [0, 0.1) is 11.8 Å². The van der Waals surface area contributed by atoms with E-state index in [2.05, 4.69) is 41.2 Å². The van der Waals surface area contributed by atoms with Gasteiger partial charge in [-0.15, -0.1) is 0 Å². The molecule has 26 heavy (non-hydrogen) atoms. The lowest BCUT2D eigenvalue weighted by Crippen LogP contribution is -2.66. The van der Waals surface area contributed by atoms with Crippen LogP contribution in [0.4, 0.5) is 0 Å². The molecule has 4 fully saturated rings. The monoisotopic (exact) mass is 352 g/mol. The number of para-hydroxylation sites is 1. The van der Waals surface area contributed by atoms with Crippen molar-refractivity contribution in [3.8, 4) is 0 Å². The molecule has 6 rings (SSSR count). The van der Waals surface area contributed by atoms with Crippen LogP contribution in [-0.2, 0) is 9.53 Å². The Morgan fingerprint density at radius 3 is 2.96 bits per heavy atom. The fraction of sp³-hybridized carbons (Fsp3) is 0.591. The van der Waals surface area contributed by atoms with Gasteiger partial charge in [0.25, 0.3) is 0 Å². The number of fused-ring (bicyclic) bond motifs is 1. The Morgan fingerprint density at radius 1 is 1.27 bits per heavy atom. The molecule has 2 saturated carbocycles. The molecule has 138 valence electrons. The Balaban J connectivity index is 1.37. The molecule has 4 aliphatic rings. The lowest BCUT2D eigenvalue weighted by molar-refractivity contribution is -0.173. The molecular weight excluding hydrogens is 324 g/mol. The number of ether oxygens (including phenoxy) is 1. The van der Waals surface area contributed by atoms with Crippen molar-refractivity contribution in [1.29, 1.82) is 0 Å². The van der Waals surface area contributed by atoms with E-state index in [0.29, 0.717) is 30.3 Å². The van der Waals surface area contributed by atoms with E-state index >= 15 is 0 Å². The molecule has 4 nitrogen and oxygen atoms in total. The lowest BCUT2D eigenvalue weighted by Gasteiger charge is -2.59. The van der Waals surface area contributed by atoms with Crippen LogP contribution in [0.3, 0.4) is 0 Å². The topological polar surface area (TPSA) is 45.3 Å². The minimum atomic E-state index is 0.219. The molecule has 1 aromatic heterocycles. The van der Waals surface area contributed by atoms with Gasteiger partial charge in [-0.25, -0.2) is 0 Å². The number of H-pyrrole nitrogens is 1. The number of rotatable bonds is 4. The average Bonchev–Trinajstić information content (AvgIpc) is 3.05. The smallest absolute Gasteiger partial charge is 0.223 e. The highest BCUT2D eigenvalue weighted by atomic mass is 16.5. The van der Waals surface area contributed by atoms with Gasteiger partial charge in [0.1, 0.15) is 0 Å². The number of benzene rings is 1. The van der Waals surface area contributed by atoms with Crippen LogP contribution in [0.15, 0.2) is 30.5 Å². The summed E-state index contributed by atoms with van der Waals surface area (Å²) in [6.45, 7) is 2.18. The van der Waals surface area contributed by atoms with Gasteiger partial charge < -0.3 is 14.6 Å². The first kappa shape index (κ1) is 16.4. The Kier molecular flexibility index (Phi) is 3.85. The van der Waals surface area contributed by atoms with Gasteiger partial charge >= 0.3 is 0 Å². The summed E-state index contributed by atoms with van der Waals surface area (Å²) in [6.07, 6.45) is 7.69. The van der Waals surface area contributed by atoms with Crippen molar-refractivity contribution in [2.24, 2.45) is 11.8 Å². The van der Waals surface area contributed by atoms with Crippen molar-refractivity contribution in [3.05, 3.63) is 36.0 Å². The highest BCUT2D eigenvalue weighted by Gasteiger charge is 2.54. The van der Waals surface area contributed by atoms with E-state index in [4.69, 9.17) is 4.74 Å². The molecule has 2 aliphatic carbocycles. The summed E-state index contributed by atoms with van der Waals surface area (Å²) >= 11 is 0. The van der Waals surface area contributed by atoms with Crippen LogP contribution in [-0.4, -0.2) is 41.1 Å². The van der Waals surface area contributed by atoms with E-state index < -0.39 is 0 Å². The van der Waals surface area contributed by atoms with Crippen molar-refractivity contribution in [1.82, 2.24) is 9.88 Å². The number of aromatic nitrogens is 1. The second-order valence-corrected chi connectivity index (χ2v) is 8.69. The third-order valence-corrected chi connectivity index (χ3v) is 7.18. The number of hydrogen-bond acceptors (Lipinski definition) is 2. The number of aromatic amines is 1. The molecule has 0 spiro atoms. The number of carbonyl (C=O) groups excluding carboxylic acids is 1. The highest BCUT2D eigenvalue weighted by Crippen LogP contribution is 2.50. The Hall–Kier alpha value is -1.81. The molecule has 4 heteroatoms. The van der Waals surface area contributed by atoms with Crippen LogP contribution in [0.1, 0.15) is 50.5 Å². The van der Waals surface area contributed by atoms with E-state index in [1.165, 1.54) is 23.8 Å². The zero-order valence-electron chi connectivity index (χ0n) is 15.7. The van der Waals surface area contributed by atoms with Gasteiger partial charge in [0, 0.05) is 36.7 Å². The van der Waals surface area contributed by atoms with E-state index in [1.807, 2.05) is 13.2 Å². The maximum atomic E-state index is 13.3. The summed E-state index contributed by atoms with van der Waals surface area (Å²) in [5.41, 5.74) is 2.40. The molecule has 1 amide bonds. The molecule has 1 N–H and O–H groups in total. The first-order valence-corrected chi connectivity index (χ1v) is 10.1. The predicted octanol–water partition coefficient (Wildman–Crippen LogP) is 4.08. The number of hydrogen-bond donors (Lipinski definition) is 1. The standard InChI is InChI=1S/C22H28N2O2/c1-13(18-12-23-19-6-4-3-5-17(18)19)7-21(25)24-16-9-14-8-15(11-16)22(26-2)20(24)10-14/h3-6,12-16,20,22-23H,7-11H2,1-2H3. The molecule has 1 aromatic carbocycles. The number of amides is 1. The van der Waals surface area contributed by atoms with E-state index in [1.54, 1.807) is 0 Å². The minimum absolute atomic E-state index is 0.219. The molecule has 4 bridgehead atoms. The quantitative estimate of drug-likeness (QED) is 0.901. The van der Waals surface area contributed by atoms with Crippen LogP contribution in [0.25, 0.3) is 10.9 Å². The van der Waals surface area contributed by atoms with Crippen molar-refractivity contribution in [2.75, 3.05) is 7.11 Å². The molecular formula is C22H28N2O2. The average molecular weight is 352 g/mol. The Bertz CT molecular complexity index is 828. The van der Waals surface area contributed by atoms with Gasteiger partial charge in [0.05, 0.1) is 12.1 Å². The molecule has 2 aliphatic heterocycles. The summed E-state index contributed by atoms with van der Waals surface area (Å²) in [7, 11) is 1.82. The van der Waals surface area contributed by atoms with Crippen LogP contribution in [0.2, 0.25) is 0 Å². The van der Waals surface area contributed by atoms with Crippen LogP contribution < -0.4 is 0 Å². The van der Waals surface area contributed by atoms with Crippen molar-refractivity contribution in [2.45, 2.75) is 63.1 Å². The summed E-state index contributed by atoms with van der Waals surface area (Å²) < 4.78 is 5.84. The normalized spacial score (nSPS) is 33.8. The summed E-state index contributed by atoms with van der Waals surface area (Å²) in [6, 6.07) is 9.11. The Morgan fingerprint density at radius 2 is 2.12 bits per heavy atom. The molecule has 6 atom stereocenters. The second kappa shape index (κ2) is 6.12. The number of methoxy groups -OCH3 is 1. The number of nitrogens with one attached hydrogen (secondary N) is 1. The number of carbonyl (C=O) groups is 1. The van der Waals surface area contributed by atoms with Crippen LogP contribution in [0.5, 0.6) is 0 Å². The largest absolute Gasteiger partial charge is 0.379 e. The van der Waals surface area contributed by atoms with Gasteiger partial charge in [0.15, 0.2) is 0 Å². The SMILES string of the molecule is COC1C2CC3CC(C2)N(C(=O)CC(C)c2c[nH]c4ccccc24)C1C3. The summed E-state index contributed by atoms with van der Waals surface area (Å²) in [5.74, 6) is 2.01. The van der Waals surface area contributed by atoms with Crippen molar-refractivity contribution in [3.63, 3.8) is 0 Å². The molecule has 0 radical (unpaired) electrons. The zero-order valence-corrected chi connectivity index (χ0v) is 15.7. The van der Waals surface area contributed by atoms with Gasteiger partial charge in [-0.3, -0.25) is 4.79 Å². The maximum Gasteiger partial charge on any atom is 0.223 e. The Labute approximate surface area is 154 Å². The van der Waals surface area contributed by atoms with Crippen molar-refractivity contribution < 1.29 is 9.53 Å². The summed E-state index contributed by atoms with van der Waals surface area (Å²) in [4.78, 5) is 18.9. The molecule has 2 aromatic rings. The van der Waals surface area contributed by atoms with E-state index in [0.717, 1.165) is 24.3 Å². The van der Waals surface area contributed by atoms with Gasteiger partial charge in [0.2, 0.25) is 5.91 Å². The minimum Gasteiger partial charge on any atom is -0.379 e. The lowest BCUT2D eigenvalue weighted by atomic mass is 9.62. The first-order chi connectivity index (χ1) is 12.7. The first-order valence-electron chi connectivity index (χ1n) is 10.1. The highest BCUT2D eigenvalue weighted by molar-refractivity contribution is 5.85. The fourth-order valence-corrected chi connectivity index (χ4v) is 6.19. The summed E-state index contributed by atoms with van der Waals surface area (Å²) in [5, 5.41) is 1.24. The fourth-order valence-electron chi connectivity index (χ4n) is 6.19. The third-order valence-electron chi connectivity index (χ3n) is 7.18. The number of piperidine rings is 2. The van der Waals surface area contributed by atoms with E-state index in [-0.39, 0.29) is 12.0 Å². The molecule has 3 heterocycles. The van der Waals surface area contributed by atoms with Gasteiger partial charge in [-0.1, -0.05) is 25.1 Å². The maximum absolute atomic E-state index is 13.3. The predicted molar refractivity (Wildman–Crippen MR) is 102 cm³/mol. The van der Waals surface area contributed by atoms with E-state index in [9.17, 15) is 4.79 Å². The second-order valence-electron chi connectivity index (χ2n) is 8.69. The third kappa shape index (κ3) is 2.42. The van der Waals surface area contributed by atoms with Gasteiger partial charge in [-0.05, 0) is 55.1 Å². The zero-order chi connectivity index (χ0) is 17.8. The van der Waals surface area contributed by atoms with Gasteiger partial charge in [-0.2, -0.15) is 0 Å². The van der Waals surface area contributed by atoms with Crippen molar-refractivity contribution >= 4 is 16.8 Å². The number of nitrogens with zero attached hydrogens (tertiary/aromatic N) is 1. The van der Waals surface area contributed by atoms with Crippen LogP contribution >= 0.6 is 0 Å². The molecule has 6 unspecified atom stereocenters.